The molecule has 32 heavy (non-hydrogen) atoms. The van der Waals surface area contributed by atoms with Crippen molar-refractivity contribution in [3.8, 4) is 0 Å². The molecule has 0 heterocycles. The number of hydrogen-bond acceptors (Lipinski definition) is 3. The molecule has 0 aromatic carbocycles. The second-order valence-corrected chi connectivity index (χ2v) is 21.8. The normalized spacial score (nSPS) is 18.7. The smallest absolute Gasteiger partial charge is 0.192 e. The summed E-state index contributed by atoms with van der Waals surface area (Å²) in [5, 5.41) is 0.387. The van der Waals surface area contributed by atoms with Crippen molar-refractivity contribution in [3.63, 3.8) is 0 Å². The van der Waals surface area contributed by atoms with Crippen LogP contribution >= 0.6 is 0 Å². The van der Waals surface area contributed by atoms with Crippen LogP contribution in [0.3, 0.4) is 0 Å². The van der Waals surface area contributed by atoms with Gasteiger partial charge in [-0.3, -0.25) is 4.79 Å². The van der Waals surface area contributed by atoms with E-state index in [9.17, 15) is 4.79 Å². The molecule has 1 aliphatic rings. The van der Waals surface area contributed by atoms with Gasteiger partial charge in [-0.25, -0.2) is 0 Å². The maximum Gasteiger partial charge on any atom is 0.192 e. The van der Waals surface area contributed by atoms with Gasteiger partial charge >= 0.3 is 0 Å². The lowest BCUT2D eigenvalue weighted by Crippen LogP contribution is -2.43. The van der Waals surface area contributed by atoms with Crippen LogP contribution in [0.5, 0.6) is 0 Å². The first-order chi connectivity index (χ1) is 14.5. The number of carbonyl (C=O) groups excluding carboxylic acids is 1. The lowest BCUT2D eigenvalue weighted by molar-refractivity contribution is -0.111. The second kappa shape index (κ2) is 11.6. The van der Waals surface area contributed by atoms with Crippen molar-refractivity contribution in [3.05, 3.63) is 35.5 Å². The van der Waals surface area contributed by atoms with E-state index in [1.807, 2.05) is 6.08 Å². The molecule has 1 atom stereocenters. The standard InChI is InChI=1S/C27H50O3Si2/c1-12-13-14-15-24(30-32(10,11)27(5,6)7)17-16-23-20-22(21-25(23)28)18-19-29-31(8,9)26(2,3)4/h13-14,16,21,24H,12,15,17-20H2,1-11H3/b14-13-,23-16+/t24-/m0/s1. The summed E-state index contributed by atoms with van der Waals surface area (Å²) >= 11 is 0. The van der Waals surface area contributed by atoms with E-state index < -0.39 is 16.6 Å². The minimum Gasteiger partial charge on any atom is -0.417 e. The highest BCUT2D eigenvalue weighted by atomic mass is 28.4. The van der Waals surface area contributed by atoms with E-state index in [1.54, 1.807) is 0 Å². The molecule has 0 fully saturated rings. The Kier molecular flexibility index (Phi) is 10.6. The largest absolute Gasteiger partial charge is 0.417 e. The average molecular weight is 479 g/mol. The Morgan fingerprint density at radius 1 is 0.969 bits per heavy atom. The van der Waals surface area contributed by atoms with E-state index >= 15 is 0 Å². The molecule has 0 saturated heterocycles. The molecule has 0 aromatic rings. The molecule has 5 heteroatoms. The number of carbonyl (C=O) groups is 1. The average Bonchev–Trinajstić information content (AvgIpc) is 2.97. The number of allylic oxidation sites excluding steroid dienone is 3. The van der Waals surface area contributed by atoms with Crippen molar-refractivity contribution in [2.75, 3.05) is 6.61 Å². The third kappa shape index (κ3) is 8.88. The predicted octanol–water partition coefficient (Wildman–Crippen LogP) is 8.36. The summed E-state index contributed by atoms with van der Waals surface area (Å²) in [6, 6.07) is 0. The molecule has 0 bridgehead atoms. The van der Waals surface area contributed by atoms with Gasteiger partial charge in [-0.05, 0) is 80.0 Å². The fourth-order valence-electron chi connectivity index (χ4n) is 3.12. The lowest BCUT2D eigenvalue weighted by atomic mass is 10.1. The van der Waals surface area contributed by atoms with Gasteiger partial charge in [0.1, 0.15) is 0 Å². The van der Waals surface area contributed by atoms with Crippen molar-refractivity contribution in [2.24, 2.45) is 0 Å². The third-order valence-corrected chi connectivity index (χ3v) is 16.5. The topological polar surface area (TPSA) is 35.5 Å². The lowest BCUT2D eigenvalue weighted by Gasteiger charge is -2.39. The van der Waals surface area contributed by atoms with Crippen molar-refractivity contribution in [1.29, 1.82) is 0 Å². The van der Waals surface area contributed by atoms with E-state index in [0.29, 0.717) is 6.61 Å². The SMILES string of the molecule is CC/C=C\C[C@@H](C/C=C1\CC(CCO[Si](C)(C)C(C)(C)C)=CC1=O)O[Si](C)(C)C(C)(C)C. The molecule has 0 spiro atoms. The molecule has 0 radical (unpaired) electrons. The monoisotopic (exact) mass is 478 g/mol. The molecular formula is C27H50O3Si2. The zero-order valence-electron chi connectivity index (χ0n) is 22.9. The Morgan fingerprint density at radius 2 is 1.56 bits per heavy atom. The minimum atomic E-state index is -1.86. The highest BCUT2D eigenvalue weighted by molar-refractivity contribution is 6.74. The van der Waals surface area contributed by atoms with E-state index in [4.69, 9.17) is 8.85 Å². The van der Waals surface area contributed by atoms with Gasteiger partial charge in [-0.15, -0.1) is 0 Å². The van der Waals surface area contributed by atoms with Crippen LogP contribution in [-0.2, 0) is 13.6 Å². The van der Waals surface area contributed by atoms with Crippen LogP contribution in [0.1, 0.15) is 80.6 Å². The first-order valence-corrected chi connectivity index (χ1v) is 18.2. The van der Waals surface area contributed by atoms with Gasteiger partial charge in [-0.1, -0.05) is 72.3 Å². The Morgan fingerprint density at radius 3 is 2.09 bits per heavy atom. The Hall–Kier alpha value is -0.756. The van der Waals surface area contributed by atoms with E-state index in [-0.39, 0.29) is 22.0 Å². The van der Waals surface area contributed by atoms with E-state index in [1.165, 1.54) is 5.57 Å². The molecule has 0 aliphatic heterocycles. The minimum absolute atomic E-state index is 0.130. The molecule has 0 N–H and O–H groups in total. The first-order valence-electron chi connectivity index (χ1n) is 12.4. The number of hydrogen-bond donors (Lipinski definition) is 0. The molecule has 3 nitrogen and oxygen atoms in total. The molecule has 0 aromatic heterocycles. The Balaban J connectivity index is 2.74. The summed E-state index contributed by atoms with van der Waals surface area (Å²) in [6.45, 7) is 25.6. The van der Waals surface area contributed by atoms with E-state index in [2.05, 4.69) is 92.9 Å². The molecule has 1 rings (SSSR count). The Labute approximate surface area is 201 Å². The second-order valence-electron chi connectivity index (χ2n) is 12.3. The quantitative estimate of drug-likeness (QED) is 0.170. The fourth-order valence-corrected chi connectivity index (χ4v) is 5.55. The first kappa shape index (κ1) is 29.3. The highest BCUT2D eigenvalue weighted by Crippen LogP contribution is 2.39. The zero-order chi connectivity index (χ0) is 24.8. The summed E-state index contributed by atoms with van der Waals surface area (Å²) < 4.78 is 13.0. The van der Waals surface area contributed by atoms with Crippen LogP contribution in [0, 0.1) is 0 Å². The van der Waals surface area contributed by atoms with Crippen LogP contribution in [0.25, 0.3) is 0 Å². The highest BCUT2D eigenvalue weighted by Gasteiger charge is 2.39. The van der Waals surface area contributed by atoms with Crippen LogP contribution in [0.2, 0.25) is 36.3 Å². The van der Waals surface area contributed by atoms with Crippen LogP contribution in [0.4, 0.5) is 0 Å². The zero-order valence-corrected chi connectivity index (χ0v) is 24.9. The van der Waals surface area contributed by atoms with Crippen molar-refractivity contribution < 1.29 is 13.6 Å². The molecular weight excluding hydrogens is 428 g/mol. The summed E-state index contributed by atoms with van der Waals surface area (Å²) in [5.41, 5.74) is 2.13. The van der Waals surface area contributed by atoms with Gasteiger partial charge in [0.25, 0.3) is 0 Å². The molecule has 0 unspecified atom stereocenters. The summed E-state index contributed by atoms with van der Waals surface area (Å²) in [6.07, 6.45) is 12.9. The maximum absolute atomic E-state index is 12.6. The van der Waals surface area contributed by atoms with Crippen molar-refractivity contribution in [1.82, 2.24) is 0 Å². The van der Waals surface area contributed by atoms with Gasteiger partial charge in [0.2, 0.25) is 0 Å². The van der Waals surface area contributed by atoms with Gasteiger partial charge in [-0.2, -0.15) is 0 Å². The number of rotatable bonds is 11. The number of ketones is 1. The summed E-state index contributed by atoms with van der Waals surface area (Å²) in [5.74, 6) is 0.169. The van der Waals surface area contributed by atoms with Gasteiger partial charge in [0, 0.05) is 6.61 Å². The van der Waals surface area contributed by atoms with Crippen molar-refractivity contribution >= 4 is 22.4 Å². The maximum atomic E-state index is 12.6. The third-order valence-electron chi connectivity index (χ3n) is 7.46. The molecule has 184 valence electrons. The van der Waals surface area contributed by atoms with Crippen LogP contribution in [-0.4, -0.2) is 35.1 Å². The fraction of sp³-hybridized carbons (Fsp3) is 0.741. The van der Waals surface area contributed by atoms with Crippen LogP contribution in [0.15, 0.2) is 35.5 Å². The van der Waals surface area contributed by atoms with E-state index in [0.717, 1.165) is 37.7 Å². The Bertz CT molecular complexity index is 716. The molecule has 1 aliphatic carbocycles. The van der Waals surface area contributed by atoms with Gasteiger partial charge in [0.15, 0.2) is 22.4 Å². The molecule has 0 saturated carbocycles. The van der Waals surface area contributed by atoms with Crippen LogP contribution < -0.4 is 0 Å². The summed E-state index contributed by atoms with van der Waals surface area (Å²) in [4.78, 5) is 12.6. The van der Waals surface area contributed by atoms with Gasteiger partial charge in [0.05, 0.1) is 6.10 Å². The molecule has 0 amide bonds. The summed E-state index contributed by atoms with van der Waals surface area (Å²) in [7, 11) is -3.60. The predicted molar refractivity (Wildman–Crippen MR) is 144 cm³/mol. The van der Waals surface area contributed by atoms with Crippen molar-refractivity contribution in [2.45, 2.75) is 123 Å². The van der Waals surface area contributed by atoms with Gasteiger partial charge < -0.3 is 8.85 Å².